The van der Waals surface area contributed by atoms with Crippen LogP contribution in [0.15, 0.2) is 30.3 Å². The SMILES string of the molecule is CC1(C)O[C@H]2C[C@](C)(O[Si](C)(C)C)[C@@H]3[C@H]([C@@H]4OC(=O)[C@@](C)(O1)[C@@]24O[Si](C)(C)C)[C@@](C)([Se]c1ccccc1)C(=O)[C@H]3OCOCC[Si](C)(C)C. The second-order valence-corrected chi connectivity index (χ2v) is 36.2. The number of carbonyl (C=O) groups is 2. The zero-order chi connectivity index (χ0) is 36.6. The van der Waals surface area contributed by atoms with E-state index in [2.05, 4.69) is 78.0 Å². The van der Waals surface area contributed by atoms with Gasteiger partial charge in [0, 0.05) is 0 Å². The van der Waals surface area contributed by atoms with Crippen molar-refractivity contribution in [3.05, 3.63) is 30.3 Å². The molecule has 9 nitrogen and oxygen atoms in total. The van der Waals surface area contributed by atoms with E-state index in [1.165, 1.54) is 0 Å². The van der Waals surface area contributed by atoms with Crippen LogP contribution in [-0.2, 0) is 42.1 Å². The van der Waals surface area contributed by atoms with Crippen molar-refractivity contribution in [2.75, 3.05) is 13.4 Å². The zero-order valence-corrected chi connectivity index (χ0v) is 36.9. The van der Waals surface area contributed by atoms with Crippen LogP contribution in [0.25, 0.3) is 0 Å². The Balaban J connectivity index is 1.74. The number of ketones is 1. The van der Waals surface area contributed by atoms with E-state index in [1.54, 1.807) is 6.92 Å². The van der Waals surface area contributed by atoms with Gasteiger partial charge < -0.3 is 0 Å². The molecule has 5 rings (SSSR count). The first-order valence-electron chi connectivity index (χ1n) is 17.7. The van der Waals surface area contributed by atoms with Crippen LogP contribution >= 0.6 is 0 Å². The van der Waals surface area contributed by atoms with Crippen LogP contribution in [0.1, 0.15) is 41.0 Å². The Morgan fingerprint density at radius 2 is 1.47 bits per heavy atom. The van der Waals surface area contributed by atoms with Crippen molar-refractivity contribution in [3.8, 4) is 0 Å². The number of hydrogen-bond acceptors (Lipinski definition) is 9. The van der Waals surface area contributed by atoms with Crippen LogP contribution in [0.2, 0.25) is 69.3 Å². The summed E-state index contributed by atoms with van der Waals surface area (Å²) in [4.78, 5) is 29.6. The Labute approximate surface area is 303 Å². The topological polar surface area (TPSA) is 98.8 Å². The number of carbonyl (C=O) groups excluding carboxylic acids is 2. The van der Waals surface area contributed by atoms with E-state index >= 15 is 4.79 Å². The quantitative estimate of drug-likeness (QED) is 0.107. The molecule has 0 radical (unpaired) electrons. The van der Waals surface area contributed by atoms with Gasteiger partial charge in [0.05, 0.1) is 0 Å². The molecule has 276 valence electrons. The fourth-order valence-electron chi connectivity index (χ4n) is 8.79. The first kappa shape index (κ1) is 39.5. The minimum atomic E-state index is -2.44. The molecule has 2 saturated heterocycles. The number of esters is 1. The van der Waals surface area contributed by atoms with E-state index in [0.29, 0.717) is 13.0 Å². The van der Waals surface area contributed by atoms with Gasteiger partial charge in [0.1, 0.15) is 0 Å². The van der Waals surface area contributed by atoms with Crippen molar-refractivity contribution in [1.82, 2.24) is 0 Å². The molecule has 9 atom stereocenters. The van der Waals surface area contributed by atoms with Crippen LogP contribution in [-0.4, -0.2) is 106 Å². The molecule has 0 unspecified atom stereocenters. The van der Waals surface area contributed by atoms with E-state index in [9.17, 15) is 4.79 Å². The van der Waals surface area contributed by atoms with E-state index in [0.717, 1.165) is 10.5 Å². The third-order valence-corrected chi connectivity index (χ3v) is 17.0. The molecular formula is C36H60O9SeSi3. The third kappa shape index (κ3) is 7.43. The molecular weight excluding hydrogens is 740 g/mol. The van der Waals surface area contributed by atoms with Gasteiger partial charge in [-0.3, -0.25) is 0 Å². The summed E-state index contributed by atoms with van der Waals surface area (Å²) in [6.45, 7) is 30.0. The summed E-state index contributed by atoms with van der Waals surface area (Å²) < 4.78 is 47.6. The van der Waals surface area contributed by atoms with Gasteiger partial charge in [0.15, 0.2) is 0 Å². The van der Waals surface area contributed by atoms with Crippen LogP contribution < -0.4 is 4.46 Å². The van der Waals surface area contributed by atoms with E-state index in [-0.39, 0.29) is 27.5 Å². The molecule has 0 spiro atoms. The van der Waals surface area contributed by atoms with Crippen molar-refractivity contribution in [2.45, 2.75) is 151 Å². The second-order valence-electron chi connectivity index (χ2n) is 18.6. The van der Waals surface area contributed by atoms with Crippen LogP contribution in [0, 0.1) is 11.8 Å². The maximum atomic E-state index is 15.2. The summed E-state index contributed by atoms with van der Waals surface area (Å²) in [6, 6.07) is 11.1. The molecule has 4 aliphatic rings. The molecule has 0 amide bonds. The summed E-state index contributed by atoms with van der Waals surface area (Å²) >= 11 is -0.369. The average molecular weight is 800 g/mol. The average Bonchev–Trinajstić information content (AvgIpc) is 3.22. The van der Waals surface area contributed by atoms with Crippen molar-refractivity contribution >= 4 is 55.9 Å². The molecule has 49 heavy (non-hydrogen) atoms. The number of ether oxygens (including phenoxy) is 5. The molecule has 4 fully saturated rings. The fourth-order valence-corrected chi connectivity index (χ4v) is 15.6. The predicted octanol–water partition coefficient (Wildman–Crippen LogP) is 6.15. The Hall–Kier alpha value is -0.710. The van der Waals surface area contributed by atoms with Gasteiger partial charge in [-0.15, -0.1) is 0 Å². The molecule has 0 N–H and O–H groups in total. The molecule has 1 aromatic carbocycles. The van der Waals surface area contributed by atoms with Crippen molar-refractivity contribution in [2.24, 2.45) is 11.8 Å². The van der Waals surface area contributed by atoms with Crippen molar-refractivity contribution in [3.63, 3.8) is 0 Å². The molecule has 1 aromatic rings. The summed E-state index contributed by atoms with van der Waals surface area (Å²) in [5.41, 5.74) is -3.71. The monoisotopic (exact) mass is 800 g/mol. The first-order chi connectivity index (χ1) is 22.3. The molecule has 2 saturated carbocycles. The van der Waals surface area contributed by atoms with Crippen LogP contribution in [0.3, 0.4) is 0 Å². The summed E-state index contributed by atoms with van der Waals surface area (Å²) in [6.07, 6.45) is -1.96. The van der Waals surface area contributed by atoms with E-state index in [4.69, 9.17) is 32.5 Å². The Bertz CT molecular complexity index is 1410. The van der Waals surface area contributed by atoms with E-state index in [1.807, 2.05) is 39.0 Å². The van der Waals surface area contributed by atoms with Gasteiger partial charge in [0.25, 0.3) is 0 Å². The standard InChI is InChI=1S/C36H60O9SeSi3/c1-32(2)42-25-22-33(3,44-48(9,10)11)26-27(30-36(25,45-49(12,13)14)35(5,43-32)31(38)41-30)34(4,46-24-18-16-15-17-19-24)29(37)28(26)40-23-39-20-21-47(6,7)8/h15-19,25-28,30H,20-23H2,1-14H3/t25-,26+,27+,28-,30-,33-,34+,35+,36+/m0/s1. The van der Waals surface area contributed by atoms with E-state index < -0.39 is 87.7 Å². The zero-order valence-electron chi connectivity index (χ0n) is 32.2. The molecule has 13 heteroatoms. The Morgan fingerprint density at radius 3 is 2.04 bits per heavy atom. The van der Waals surface area contributed by atoms with Crippen molar-refractivity contribution < 1.29 is 42.1 Å². The van der Waals surface area contributed by atoms with Crippen LogP contribution in [0.4, 0.5) is 0 Å². The normalized spacial score (nSPS) is 38.9. The van der Waals surface area contributed by atoms with Gasteiger partial charge in [-0.2, -0.15) is 0 Å². The van der Waals surface area contributed by atoms with Crippen molar-refractivity contribution in [1.29, 1.82) is 0 Å². The van der Waals surface area contributed by atoms with Gasteiger partial charge in [0.2, 0.25) is 0 Å². The molecule has 0 bridgehead atoms. The molecule has 2 heterocycles. The van der Waals surface area contributed by atoms with Gasteiger partial charge in [-0.25, -0.2) is 0 Å². The number of fused-ring (bicyclic) bond motifs is 2. The Morgan fingerprint density at radius 1 is 0.857 bits per heavy atom. The third-order valence-electron chi connectivity index (χ3n) is 10.3. The fraction of sp³-hybridized carbons (Fsp3) is 0.778. The number of rotatable bonds is 12. The predicted molar refractivity (Wildman–Crippen MR) is 199 cm³/mol. The second kappa shape index (κ2) is 13.0. The van der Waals surface area contributed by atoms with Gasteiger partial charge in [-0.05, 0) is 0 Å². The first-order valence-corrected chi connectivity index (χ1v) is 30.0. The van der Waals surface area contributed by atoms with Gasteiger partial charge in [-0.1, -0.05) is 0 Å². The van der Waals surface area contributed by atoms with Crippen LogP contribution in [0.5, 0.6) is 0 Å². The number of Topliss-reactive ketones (excluding diaryl/α,β-unsaturated/α-hetero) is 1. The molecule has 2 aliphatic heterocycles. The summed E-state index contributed by atoms with van der Waals surface area (Å²) in [5, 5.41) is 0. The maximum absolute atomic E-state index is 15.2. The molecule has 0 aromatic heterocycles. The summed E-state index contributed by atoms with van der Waals surface area (Å²) in [5.74, 6) is -2.59. The van der Waals surface area contributed by atoms with Gasteiger partial charge >= 0.3 is 305 Å². The molecule has 2 aliphatic carbocycles. The minimum absolute atomic E-state index is 0.00363. The number of hydrogen-bond donors (Lipinski definition) is 0. The summed E-state index contributed by atoms with van der Waals surface area (Å²) in [7, 11) is -6.04. The Kier molecular flexibility index (Phi) is 10.5. The number of benzene rings is 1.